The zero-order valence-corrected chi connectivity index (χ0v) is 13.3. The fourth-order valence-electron chi connectivity index (χ4n) is 2.57. The molecule has 0 N–H and O–H groups in total. The summed E-state index contributed by atoms with van der Waals surface area (Å²) in [7, 11) is 2.07. The first-order valence-corrected chi connectivity index (χ1v) is 7.70. The van der Waals surface area contributed by atoms with Crippen LogP contribution in [0.4, 0.5) is 0 Å². The van der Waals surface area contributed by atoms with Gasteiger partial charge in [-0.3, -0.25) is 9.78 Å². The van der Waals surface area contributed by atoms with Crippen molar-refractivity contribution in [2.45, 2.75) is 0 Å². The molecular formula is C17H18ClN3O. The number of nitrogens with zero attached hydrogens (tertiary/aromatic N) is 3. The largest absolute Gasteiger partial charge is 0.336 e. The molecule has 1 aromatic heterocycles. The lowest BCUT2D eigenvalue weighted by Crippen LogP contribution is -2.47. The van der Waals surface area contributed by atoms with E-state index < -0.39 is 0 Å². The van der Waals surface area contributed by atoms with Gasteiger partial charge in [-0.05, 0) is 30.8 Å². The molecule has 2 aromatic rings. The lowest BCUT2D eigenvalue weighted by atomic mass is 10.1. The number of piperazine rings is 1. The highest BCUT2D eigenvalue weighted by Gasteiger charge is 2.20. The van der Waals surface area contributed by atoms with Crippen LogP contribution < -0.4 is 0 Å². The average Bonchev–Trinajstić information content (AvgIpc) is 2.55. The maximum Gasteiger partial charge on any atom is 0.255 e. The van der Waals surface area contributed by atoms with Gasteiger partial charge in [0.1, 0.15) is 0 Å². The SMILES string of the molecule is CN1CCN(C(=O)c2cncc(-c3cccc(Cl)c3)c2)CC1. The van der Waals surface area contributed by atoms with Gasteiger partial charge in [-0.25, -0.2) is 0 Å². The van der Waals surface area contributed by atoms with Gasteiger partial charge in [-0.1, -0.05) is 23.7 Å². The Balaban J connectivity index is 1.83. The predicted octanol–water partition coefficient (Wildman–Crippen LogP) is 2.79. The van der Waals surface area contributed by atoms with Crippen LogP contribution in [0.25, 0.3) is 11.1 Å². The van der Waals surface area contributed by atoms with Crippen molar-refractivity contribution in [2.24, 2.45) is 0 Å². The summed E-state index contributed by atoms with van der Waals surface area (Å²) in [6, 6.07) is 9.46. The minimum Gasteiger partial charge on any atom is -0.336 e. The van der Waals surface area contributed by atoms with E-state index in [1.165, 1.54) is 0 Å². The standard InChI is InChI=1S/C17H18ClN3O/c1-20-5-7-21(8-6-20)17(22)15-9-14(11-19-12-15)13-3-2-4-16(18)10-13/h2-4,9-12H,5-8H2,1H3. The van der Waals surface area contributed by atoms with Gasteiger partial charge in [0.25, 0.3) is 5.91 Å². The van der Waals surface area contributed by atoms with Gasteiger partial charge < -0.3 is 9.80 Å². The van der Waals surface area contributed by atoms with E-state index in [0.29, 0.717) is 10.6 Å². The third-order valence-electron chi connectivity index (χ3n) is 3.93. The first-order chi connectivity index (χ1) is 10.6. The van der Waals surface area contributed by atoms with Gasteiger partial charge in [0.15, 0.2) is 0 Å². The number of aromatic nitrogens is 1. The minimum atomic E-state index is 0.0458. The minimum absolute atomic E-state index is 0.0458. The lowest BCUT2D eigenvalue weighted by molar-refractivity contribution is 0.0663. The van der Waals surface area contributed by atoms with E-state index in [-0.39, 0.29) is 5.91 Å². The maximum absolute atomic E-state index is 12.6. The first-order valence-electron chi connectivity index (χ1n) is 7.32. The lowest BCUT2D eigenvalue weighted by Gasteiger charge is -2.32. The number of carbonyl (C=O) groups is 1. The molecule has 0 bridgehead atoms. The second kappa shape index (κ2) is 6.46. The van der Waals surface area contributed by atoms with Crippen molar-refractivity contribution in [3.63, 3.8) is 0 Å². The van der Waals surface area contributed by atoms with E-state index in [1.807, 2.05) is 35.2 Å². The second-order valence-corrected chi connectivity index (χ2v) is 6.00. The summed E-state index contributed by atoms with van der Waals surface area (Å²) in [4.78, 5) is 20.9. The highest BCUT2D eigenvalue weighted by Crippen LogP contribution is 2.23. The number of hydrogen-bond donors (Lipinski definition) is 0. The summed E-state index contributed by atoms with van der Waals surface area (Å²) < 4.78 is 0. The molecule has 0 atom stereocenters. The zero-order chi connectivity index (χ0) is 15.5. The van der Waals surface area contributed by atoms with Crippen LogP contribution in [0.1, 0.15) is 10.4 Å². The van der Waals surface area contributed by atoms with Crippen molar-refractivity contribution in [1.82, 2.24) is 14.8 Å². The van der Waals surface area contributed by atoms with Crippen molar-refractivity contribution in [3.8, 4) is 11.1 Å². The van der Waals surface area contributed by atoms with Gasteiger partial charge in [0, 0.05) is 49.2 Å². The highest BCUT2D eigenvalue weighted by atomic mass is 35.5. The molecule has 3 rings (SSSR count). The smallest absolute Gasteiger partial charge is 0.255 e. The van der Waals surface area contributed by atoms with Crippen LogP contribution in [0, 0.1) is 0 Å². The van der Waals surface area contributed by atoms with E-state index in [1.54, 1.807) is 12.4 Å². The molecule has 1 amide bonds. The molecule has 2 heterocycles. The molecule has 1 fully saturated rings. The molecule has 1 aromatic carbocycles. The Morgan fingerprint density at radius 2 is 1.86 bits per heavy atom. The van der Waals surface area contributed by atoms with E-state index in [4.69, 9.17) is 11.6 Å². The molecule has 4 nitrogen and oxygen atoms in total. The molecule has 0 aliphatic carbocycles. The number of carbonyl (C=O) groups excluding carboxylic acids is 1. The van der Waals surface area contributed by atoms with Crippen molar-refractivity contribution in [3.05, 3.63) is 53.3 Å². The monoisotopic (exact) mass is 315 g/mol. The summed E-state index contributed by atoms with van der Waals surface area (Å²) in [6.07, 6.45) is 3.39. The Kier molecular flexibility index (Phi) is 4.41. The molecule has 114 valence electrons. The van der Waals surface area contributed by atoms with Crippen LogP contribution in [0.15, 0.2) is 42.7 Å². The number of halogens is 1. The van der Waals surface area contributed by atoms with Crippen LogP contribution in [0.2, 0.25) is 5.02 Å². The molecular weight excluding hydrogens is 298 g/mol. The molecule has 1 aliphatic rings. The fourth-order valence-corrected chi connectivity index (χ4v) is 2.77. The topological polar surface area (TPSA) is 36.4 Å². The van der Waals surface area contributed by atoms with Gasteiger partial charge in [-0.2, -0.15) is 0 Å². The summed E-state index contributed by atoms with van der Waals surface area (Å²) in [5, 5.41) is 0.674. The van der Waals surface area contributed by atoms with Crippen LogP contribution in [0.3, 0.4) is 0 Å². The number of likely N-dealkylation sites (N-methyl/N-ethyl adjacent to an activating group) is 1. The quantitative estimate of drug-likeness (QED) is 0.855. The summed E-state index contributed by atoms with van der Waals surface area (Å²) in [5.74, 6) is 0.0458. The number of benzene rings is 1. The molecule has 5 heteroatoms. The van der Waals surface area contributed by atoms with Crippen LogP contribution in [-0.2, 0) is 0 Å². The van der Waals surface area contributed by atoms with E-state index in [2.05, 4.69) is 16.9 Å². The molecule has 0 spiro atoms. The Morgan fingerprint density at radius 1 is 1.09 bits per heavy atom. The van der Waals surface area contributed by atoms with Crippen LogP contribution >= 0.6 is 11.6 Å². The predicted molar refractivity (Wildman–Crippen MR) is 88.1 cm³/mol. The van der Waals surface area contributed by atoms with Gasteiger partial charge in [0.05, 0.1) is 5.56 Å². The first kappa shape index (κ1) is 15.0. The summed E-state index contributed by atoms with van der Waals surface area (Å²) in [5.41, 5.74) is 2.50. The molecule has 0 saturated carbocycles. The fraction of sp³-hybridized carbons (Fsp3) is 0.294. The molecule has 1 saturated heterocycles. The Bertz CT molecular complexity index is 681. The van der Waals surface area contributed by atoms with E-state index in [9.17, 15) is 4.79 Å². The van der Waals surface area contributed by atoms with Crippen LogP contribution in [0.5, 0.6) is 0 Å². The maximum atomic E-state index is 12.6. The number of rotatable bonds is 2. The van der Waals surface area contributed by atoms with Crippen molar-refractivity contribution >= 4 is 17.5 Å². The second-order valence-electron chi connectivity index (χ2n) is 5.57. The summed E-state index contributed by atoms with van der Waals surface area (Å²) in [6.45, 7) is 3.34. The zero-order valence-electron chi connectivity index (χ0n) is 12.5. The normalized spacial score (nSPS) is 15.8. The van der Waals surface area contributed by atoms with E-state index >= 15 is 0 Å². The number of amides is 1. The van der Waals surface area contributed by atoms with Crippen molar-refractivity contribution < 1.29 is 4.79 Å². The van der Waals surface area contributed by atoms with Gasteiger partial charge in [0.2, 0.25) is 0 Å². The third kappa shape index (κ3) is 3.29. The average molecular weight is 316 g/mol. The van der Waals surface area contributed by atoms with Gasteiger partial charge in [-0.15, -0.1) is 0 Å². The Hall–Kier alpha value is -1.91. The Morgan fingerprint density at radius 3 is 2.59 bits per heavy atom. The number of pyridine rings is 1. The van der Waals surface area contributed by atoms with Crippen molar-refractivity contribution in [1.29, 1.82) is 0 Å². The van der Waals surface area contributed by atoms with E-state index in [0.717, 1.165) is 37.3 Å². The molecule has 1 aliphatic heterocycles. The Labute approximate surface area is 135 Å². The molecule has 0 radical (unpaired) electrons. The molecule has 22 heavy (non-hydrogen) atoms. The summed E-state index contributed by atoms with van der Waals surface area (Å²) >= 11 is 6.03. The van der Waals surface area contributed by atoms with Crippen molar-refractivity contribution in [2.75, 3.05) is 33.2 Å². The highest BCUT2D eigenvalue weighted by molar-refractivity contribution is 6.30. The molecule has 0 unspecified atom stereocenters. The third-order valence-corrected chi connectivity index (χ3v) is 4.17. The number of hydrogen-bond acceptors (Lipinski definition) is 3. The van der Waals surface area contributed by atoms with Crippen LogP contribution in [-0.4, -0.2) is 53.9 Å². The van der Waals surface area contributed by atoms with Gasteiger partial charge >= 0.3 is 0 Å².